The van der Waals surface area contributed by atoms with Crippen LogP contribution < -0.4 is 10.6 Å². The molecule has 0 fully saturated rings. The lowest BCUT2D eigenvalue weighted by molar-refractivity contribution is -0.142. The van der Waals surface area contributed by atoms with E-state index in [9.17, 15) is 18.0 Å². The first kappa shape index (κ1) is 17.3. The standard InChI is InChI=1S/C15H14F3N5O/c1-10(14(24)21-12-4-2-3-11(7-12)8-19)20-13-5-6-23(22-13)9-15(16,17)18/h2-7,10H,9H2,1H3,(H,20,22)(H,21,24)/t10-/m1/s1. The zero-order valence-corrected chi connectivity index (χ0v) is 12.6. The molecule has 1 heterocycles. The molecule has 0 aliphatic carbocycles. The Morgan fingerprint density at radius 3 is 2.83 bits per heavy atom. The van der Waals surface area contributed by atoms with E-state index in [1.807, 2.05) is 6.07 Å². The van der Waals surface area contributed by atoms with Gasteiger partial charge in [0.25, 0.3) is 0 Å². The SMILES string of the molecule is C[C@@H](Nc1ccn(CC(F)(F)F)n1)C(=O)Nc1cccc(C#N)c1. The van der Waals surface area contributed by atoms with Crippen LogP contribution in [0.25, 0.3) is 0 Å². The molecule has 24 heavy (non-hydrogen) atoms. The summed E-state index contributed by atoms with van der Waals surface area (Å²) in [5, 5.41) is 17.9. The molecular formula is C15H14F3N5O. The summed E-state index contributed by atoms with van der Waals surface area (Å²) in [5.41, 5.74) is 0.856. The van der Waals surface area contributed by atoms with Crippen molar-refractivity contribution in [2.75, 3.05) is 10.6 Å². The Balaban J connectivity index is 1.95. The number of carbonyl (C=O) groups is 1. The number of nitriles is 1. The summed E-state index contributed by atoms with van der Waals surface area (Å²) in [5.74, 6) is -0.247. The normalized spacial score (nSPS) is 12.3. The Morgan fingerprint density at radius 1 is 1.42 bits per heavy atom. The molecule has 0 radical (unpaired) electrons. The number of anilines is 2. The highest BCUT2D eigenvalue weighted by Gasteiger charge is 2.28. The van der Waals surface area contributed by atoms with Gasteiger partial charge in [-0.3, -0.25) is 9.48 Å². The molecular weight excluding hydrogens is 323 g/mol. The molecule has 1 amide bonds. The van der Waals surface area contributed by atoms with Gasteiger partial charge in [0.1, 0.15) is 18.4 Å². The van der Waals surface area contributed by atoms with Crippen LogP contribution in [-0.2, 0) is 11.3 Å². The van der Waals surface area contributed by atoms with Gasteiger partial charge >= 0.3 is 6.18 Å². The fourth-order valence-electron chi connectivity index (χ4n) is 1.91. The minimum absolute atomic E-state index is 0.160. The summed E-state index contributed by atoms with van der Waals surface area (Å²) < 4.78 is 37.6. The van der Waals surface area contributed by atoms with Crippen molar-refractivity contribution in [2.45, 2.75) is 25.7 Å². The van der Waals surface area contributed by atoms with E-state index in [-0.39, 0.29) is 5.82 Å². The van der Waals surface area contributed by atoms with Crippen LogP contribution in [0.5, 0.6) is 0 Å². The Labute approximate surface area is 135 Å². The van der Waals surface area contributed by atoms with Crippen molar-refractivity contribution < 1.29 is 18.0 Å². The molecule has 0 unspecified atom stereocenters. The Hall–Kier alpha value is -3.02. The smallest absolute Gasteiger partial charge is 0.357 e. The highest BCUT2D eigenvalue weighted by atomic mass is 19.4. The molecule has 6 nitrogen and oxygen atoms in total. The van der Waals surface area contributed by atoms with Gasteiger partial charge < -0.3 is 10.6 Å². The topological polar surface area (TPSA) is 82.7 Å². The molecule has 0 aliphatic heterocycles. The lowest BCUT2D eigenvalue weighted by atomic mass is 10.2. The Bertz CT molecular complexity index is 763. The largest absolute Gasteiger partial charge is 0.408 e. The summed E-state index contributed by atoms with van der Waals surface area (Å²) in [7, 11) is 0. The van der Waals surface area contributed by atoms with E-state index >= 15 is 0 Å². The average Bonchev–Trinajstić information content (AvgIpc) is 2.92. The lowest BCUT2D eigenvalue weighted by Crippen LogP contribution is -2.32. The summed E-state index contributed by atoms with van der Waals surface area (Å²) in [4.78, 5) is 12.1. The second-order valence-corrected chi connectivity index (χ2v) is 5.06. The predicted octanol–water partition coefficient (Wildman–Crippen LogP) is 2.76. The summed E-state index contributed by atoms with van der Waals surface area (Å²) >= 11 is 0. The number of nitrogens with one attached hydrogen (secondary N) is 2. The van der Waals surface area contributed by atoms with Crippen LogP contribution in [0.2, 0.25) is 0 Å². The molecule has 2 N–H and O–H groups in total. The molecule has 2 aromatic rings. The second-order valence-electron chi connectivity index (χ2n) is 5.06. The third kappa shape index (κ3) is 5.01. The second kappa shape index (κ2) is 7.04. The lowest BCUT2D eigenvalue weighted by Gasteiger charge is -2.13. The van der Waals surface area contributed by atoms with Crippen molar-refractivity contribution in [3.8, 4) is 6.07 Å². The third-order valence-electron chi connectivity index (χ3n) is 3.00. The minimum Gasteiger partial charge on any atom is -0.357 e. The Kier molecular flexibility index (Phi) is 5.08. The van der Waals surface area contributed by atoms with Gasteiger partial charge in [-0.05, 0) is 25.1 Å². The van der Waals surface area contributed by atoms with Gasteiger partial charge in [-0.25, -0.2) is 0 Å². The molecule has 1 aromatic heterocycles. The average molecular weight is 337 g/mol. The number of halogens is 3. The van der Waals surface area contributed by atoms with E-state index < -0.39 is 24.7 Å². The number of alkyl halides is 3. The number of amides is 1. The van der Waals surface area contributed by atoms with E-state index in [0.29, 0.717) is 11.3 Å². The van der Waals surface area contributed by atoms with Crippen LogP contribution in [0, 0.1) is 11.3 Å². The fraction of sp³-hybridized carbons (Fsp3) is 0.267. The van der Waals surface area contributed by atoms with Gasteiger partial charge in [0.05, 0.1) is 11.6 Å². The van der Waals surface area contributed by atoms with Crippen molar-refractivity contribution in [3.63, 3.8) is 0 Å². The maximum absolute atomic E-state index is 12.3. The van der Waals surface area contributed by atoms with E-state index in [4.69, 9.17) is 5.26 Å². The van der Waals surface area contributed by atoms with E-state index in [1.54, 1.807) is 25.1 Å². The zero-order chi connectivity index (χ0) is 17.7. The third-order valence-corrected chi connectivity index (χ3v) is 3.00. The quantitative estimate of drug-likeness (QED) is 0.879. The number of hydrogen-bond donors (Lipinski definition) is 2. The molecule has 0 spiro atoms. The summed E-state index contributed by atoms with van der Waals surface area (Å²) in [6, 6.07) is 8.96. The van der Waals surface area contributed by atoms with Crippen LogP contribution in [0.15, 0.2) is 36.5 Å². The zero-order valence-electron chi connectivity index (χ0n) is 12.6. The van der Waals surface area contributed by atoms with Crippen LogP contribution in [0.4, 0.5) is 24.7 Å². The summed E-state index contributed by atoms with van der Waals surface area (Å²) in [6.45, 7) is 0.350. The number of hydrogen-bond acceptors (Lipinski definition) is 4. The van der Waals surface area contributed by atoms with Crippen LogP contribution in [-0.4, -0.2) is 27.9 Å². The maximum Gasteiger partial charge on any atom is 0.408 e. The van der Waals surface area contributed by atoms with Crippen molar-refractivity contribution >= 4 is 17.4 Å². The molecule has 2 rings (SSSR count). The number of nitrogens with zero attached hydrogens (tertiary/aromatic N) is 3. The van der Waals surface area contributed by atoms with E-state index in [1.165, 1.54) is 18.3 Å². The van der Waals surface area contributed by atoms with Crippen LogP contribution >= 0.6 is 0 Å². The van der Waals surface area contributed by atoms with Crippen molar-refractivity contribution in [1.29, 1.82) is 5.26 Å². The minimum atomic E-state index is -4.36. The first-order valence-corrected chi connectivity index (χ1v) is 6.94. The number of benzene rings is 1. The molecule has 126 valence electrons. The maximum atomic E-state index is 12.3. The first-order valence-electron chi connectivity index (χ1n) is 6.94. The number of rotatable bonds is 5. The Morgan fingerprint density at radius 2 is 2.17 bits per heavy atom. The highest BCUT2D eigenvalue weighted by Crippen LogP contribution is 2.18. The molecule has 0 aliphatic rings. The monoisotopic (exact) mass is 337 g/mol. The number of aromatic nitrogens is 2. The van der Waals surface area contributed by atoms with E-state index in [0.717, 1.165) is 4.68 Å². The van der Waals surface area contributed by atoms with Gasteiger partial charge in [0.15, 0.2) is 0 Å². The highest BCUT2D eigenvalue weighted by molar-refractivity contribution is 5.96. The van der Waals surface area contributed by atoms with E-state index in [2.05, 4.69) is 15.7 Å². The van der Waals surface area contributed by atoms with Gasteiger partial charge in [0, 0.05) is 18.0 Å². The van der Waals surface area contributed by atoms with Crippen molar-refractivity contribution in [2.24, 2.45) is 0 Å². The fourth-order valence-corrected chi connectivity index (χ4v) is 1.91. The molecule has 9 heteroatoms. The van der Waals surface area contributed by atoms with Crippen molar-refractivity contribution in [1.82, 2.24) is 9.78 Å². The van der Waals surface area contributed by atoms with Crippen LogP contribution in [0.1, 0.15) is 12.5 Å². The van der Waals surface area contributed by atoms with Gasteiger partial charge in [-0.1, -0.05) is 6.07 Å². The van der Waals surface area contributed by atoms with Gasteiger partial charge in [-0.15, -0.1) is 0 Å². The molecule has 0 saturated heterocycles. The first-order chi connectivity index (χ1) is 11.3. The number of carbonyl (C=O) groups excluding carboxylic acids is 1. The van der Waals surface area contributed by atoms with Crippen LogP contribution in [0.3, 0.4) is 0 Å². The predicted molar refractivity (Wildman–Crippen MR) is 81.2 cm³/mol. The molecule has 0 saturated carbocycles. The molecule has 0 bridgehead atoms. The molecule has 1 aromatic carbocycles. The molecule has 1 atom stereocenters. The van der Waals surface area contributed by atoms with Gasteiger partial charge in [-0.2, -0.15) is 23.5 Å². The van der Waals surface area contributed by atoms with Crippen molar-refractivity contribution in [3.05, 3.63) is 42.1 Å². The summed E-state index contributed by atoms with van der Waals surface area (Å²) in [6.07, 6.45) is -3.19. The van der Waals surface area contributed by atoms with Gasteiger partial charge in [0.2, 0.25) is 5.91 Å².